The lowest BCUT2D eigenvalue weighted by atomic mass is 10.1. The lowest BCUT2D eigenvalue weighted by molar-refractivity contribution is -0.139. The van der Waals surface area contributed by atoms with Crippen molar-refractivity contribution in [3.8, 4) is 0 Å². The third-order valence-corrected chi connectivity index (χ3v) is 5.02. The van der Waals surface area contributed by atoms with Crippen LogP contribution >= 0.6 is 11.8 Å². The van der Waals surface area contributed by atoms with E-state index >= 15 is 0 Å². The molecule has 2 aliphatic rings. The SMILES string of the molecule is CC1(C)C(C(=O)O)C1C1CCCS1. The summed E-state index contributed by atoms with van der Waals surface area (Å²) in [7, 11) is 0. The van der Waals surface area contributed by atoms with Gasteiger partial charge in [0.2, 0.25) is 0 Å². The molecule has 1 N–H and O–H groups in total. The molecule has 1 aliphatic carbocycles. The van der Waals surface area contributed by atoms with Crippen molar-refractivity contribution >= 4 is 17.7 Å². The molecule has 0 radical (unpaired) electrons. The molecule has 2 nitrogen and oxygen atoms in total. The highest BCUT2D eigenvalue weighted by atomic mass is 32.2. The van der Waals surface area contributed by atoms with Crippen molar-refractivity contribution < 1.29 is 9.90 Å². The molecule has 13 heavy (non-hydrogen) atoms. The molecule has 0 aromatic carbocycles. The van der Waals surface area contributed by atoms with Gasteiger partial charge in [0, 0.05) is 5.25 Å². The average Bonchev–Trinajstić information content (AvgIpc) is 2.50. The molecule has 0 bridgehead atoms. The third-order valence-electron chi connectivity index (χ3n) is 3.54. The summed E-state index contributed by atoms with van der Waals surface area (Å²) in [4.78, 5) is 10.9. The Balaban J connectivity index is 2.05. The molecule has 0 spiro atoms. The minimum atomic E-state index is -0.595. The summed E-state index contributed by atoms with van der Waals surface area (Å²) in [5.74, 6) is 0.979. The van der Waals surface area contributed by atoms with Gasteiger partial charge in [-0.1, -0.05) is 13.8 Å². The molecule has 1 heterocycles. The van der Waals surface area contributed by atoms with Crippen molar-refractivity contribution in [1.29, 1.82) is 0 Å². The fourth-order valence-corrected chi connectivity index (χ4v) is 4.41. The van der Waals surface area contributed by atoms with Crippen molar-refractivity contribution in [1.82, 2.24) is 0 Å². The van der Waals surface area contributed by atoms with Gasteiger partial charge in [-0.2, -0.15) is 11.8 Å². The van der Waals surface area contributed by atoms with Gasteiger partial charge >= 0.3 is 5.97 Å². The van der Waals surface area contributed by atoms with Crippen LogP contribution in [-0.2, 0) is 4.79 Å². The Labute approximate surface area is 83.1 Å². The first-order valence-corrected chi connectivity index (χ1v) is 5.94. The molecule has 3 heteroatoms. The van der Waals surface area contributed by atoms with E-state index in [2.05, 4.69) is 13.8 Å². The topological polar surface area (TPSA) is 37.3 Å². The maximum atomic E-state index is 10.9. The molecule has 1 saturated heterocycles. The van der Waals surface area contributed by atoms with Crippen molar-refractivity contribution in [3.63, 3.8) is 0 Å². The lowest BCUT2D eigenvalue weighted by Crippen LogP contribution is -2.07. The first kappa shape index (κ1) is 9.38. The highest BCUT2D eigenvalue weighted by molar-refractivity contribution is 8.00. The zero-order valence-corrected chi connectivity index (χ0v) is 8.93. The van der Waals surface area contributed by atoms with Crippen LogP contribution in [0.2, 0.25) is 0 Å². The number of hydrogen-bond donors (Lipinski definition) is 1. The second-order valence-electron chi connectivity index (χ2n) is 4.71. The van der Waals surface area contributed by atoms with Crippen LogP contribution < -0.4 is 0 Å². The second kappa shape index (κ2) is 2.91. The van der Waals surface area contributed by atoms with Crippen molar-refractivity contribution in [2.75, 3.05) is 5.75 Å². The van der Waals surface area contributed by atoms with E-state index in [9.17, 15) is 4.79 Å². The summed E-state index contributed by atoms with van der Waals surface area (Å²) in [6.07, 6.45) is 2.50. The van der Waals surface area contributed by atoms with Crippen molar-refractivity contribution in [3.05, 3.63) is 0 Å². The average molecular weight is 200 g/mol. The van der Waals surface area contributed by atoms with Gasteiger partial charge in [0.25, 0.3) is 0 Å². The first-order chi connectivity index (χ1) is 6.05. The van der Waals surface area contributed by atoms with Gasteiger partial charge in [0.15, 0.2) is 0 Å². The van der Waals surface area contributed by atoms with E-state index in [0.29, 0.717) is 11.2 Å². The summed E-state index contributed by atoms with van der Waals surface area (Å²) < 4.78 is 0. The normalized spacial score (nSPS) is 41.8. The zero-order valence-electron chi connectivity index (χ0n) is 8.12. The van der Waals surface area contributed by atoms with Gasteiger partial charge in [-0.25, -0.2) is 0 Å². The molecule has 0 amide bonds. The highest BCUT2D eigenvalue weighted by Crippen LogP contribution is 2.63. The van der Waals surface area contributed by atoms with Crippen LogP contribution in [0.5, 0.6) is 0 Å². The van der Waals surface area contributed by atoms with E-state index in [1.165, 1.54) is 18.6 Å². The summed E-state index contributed by atoms with van der Waals surface area (Å²) in [6, 6.07) is 0. The van der Waals surface area contributed by atoms with Gasteiger partial charge < -0.3 is 5.11 Å². The predicted octanol–water partition coefficient (Wildman–Crippen LogP) is 2.24. The van der Waals surface area contributed by atoms with Crippen LogP contribution in [0.3, 0.4) is 0 Å². The van der Waals surface area contributed by atoms with Gasteiger partial charge in [-0.3, -0.25) is 4.79 Å². The van der Waals surface area contributed by atoms with E-state index < -0.39 is 5.97 Å². The molecule has 74 valence electrons. The minimum Gasteiger partial charge on any atom is -0.481 e. The number of carboxylic acids is 1. The van der Waals surface area contributed by atoms with Gasteiger partial charge in [-0.15, -0.1) is 0 Å². The summed E-state index contributed by atoms with van der Waals surface area (Å²) in [5.41, 5.74) is 0.0494. The largest absolute Gasteiger partial charge is 0.481 e. The van der Waals surface area contributed by atoms with Gasteiger partial charge in [0.1, 0.15) is 0 Å². The number of thioether (sulfide) groups is 1. The van der Waals surface area contributed by atoms with Crippen LogP contribution in [0, 0.1) is 17.3 Å². The summed E-state index contributed by atoms with van der Waals surface area (Å²) >= 11 is 1.97. The lowest BCUT2D eigenvalue weighted by Gasteiger charge is -2.08. The number of hydrogen-bond acceptors (Lipinski definition) is 2. The van der Waals surface area contributed by atoms with E-state index in [-0.39, 0.29) is 11.3 Å². The van der Waals surface area contributed by atoms with Crippen molar-refractivity contribution in [2.24, 2.45) is 17.3 Å². The molecule has 1 saturated carbocycles. The molecular formula is C10H16O2S. The predicted molar refractivity (Wildman–Crippen MR) is 53.9 cm³/mol. The second-order valence-corrected chi connectivity index (χ2v) is 6.06. The van der Waals surface area contributed by atoms with Gasteiger partial charge in [-0.05, 0) is 29.9 Å². The maximum Gasteiger partial charge on any atom is 0.307 e. The van der Waals surface area contributed by atoms with Crippen molar-refractivity contribution in [2.45, 2.75) is 31.9 Å². The number of carbonyl (C=O) groups is 1. The smallest absolute Gasteiger partial charge is 0.307 e. The molecule has 0 aromatic heterocycles. The maximum absolute atomic E-state index is 10.9. The molecule has 0 aromatic rings. The number of rotatable bonds is 2. The van der Waals surface area contributed by atoms with E-state index in [1.54, 1.807) is 0 Å². The quantitative estimate of drug-likeness (QED) is 0.742. The Morgan fingerprint density at radius 1 is 1.54 bits per heavy atom. The van der Waals surface area contributed by atoms with Crippen LogP contribution in [0.4, 0.5) is 0 Å². The van der Waals surface area contributed by atoms with Gasteiger partial charge in [0.05, 0.1) is 5.92 Å². The Kier molecular flexibility index (Phi) is 2.10. The number of carboxylic acid groups (broad SMARTS) is 1. The number of aliphatic carboxylic acids is 1. The molecule has 1 aliphatic heterocycles. The minimum absolute atomic E-state index is 0.0494. The van der Waals surface area contributed by atoms with E-state index in [4.69, 9.17) is 5.11 Å². The third kappa shape index (κ3) is 1.37. The summed E-state index contributed by atoms with van der Waals surface area (Å²) in [6.45, 7) is 4.19. The Bertz CT molecular complexity index is 231. The Morgan fingerprint density at radius 2 is 2.23 bits per heavy atom. The molecule has 3 atom stereocenters. The fourth-order valence-electron chi connectivity index (χ4n) is 2.73. The summed E-state index contributed by atoms with van der Waals surface area (Å²) in [5, 5.41) is 9.63. The fraction of sp³-hybridized carbons (Fsp3) is 0.900. The van der Waals surface area contributed by atoms with E-state index in [0.717, 1.165) is 0 Å². The zero-order chi connectivity index (χ0) is 9.64. The standard InChI is InChI=1S/C10H16O2S/c1-10(2)7(8(10)9(11)12)6-4-3-5-13-6/h6-8H,3-5H2,1-2H3,(H,11,12). The van der Waals surface area contributed by atoms with Crippen LogP contribution in [0.15, 0.2) is 0 Å². The molecule has 2 rings (SSSR count). The Hall–Kier alpha value is -0.180. The van der Waals surface area contributed by atoms with Crippen LogP contribution in [0.1, 0.15) is 26.7 Å². The highest BCUT2D eigenvalue weighted by Gasteiger charge is 2.64. The Morgan fingerprint density at radius 3 is 2.62 bits per heavy atom. The monoisotopic (exact) mass is 200 g/mol. The molecule has 2 fully saturated rings. The van der Waals surface area contributed by atoms with Crippen LogP contribution in [-0.4, -0.2) is 22.1 Å². The first-order valence-electron chi connectivity index (χ1n) is 4.89. The molecular weight excluding hydrogens is 184 g/mol. The van der Waals surface area contributed by atoms with Crippen LogP contribution in [0.25, 0.3) is 0 Å². The molecule has 3 unspecified atom stereocenters. The van der Waals surface area contributed by atoms with E-state index in [1.807, 2.05) is 11.8 Å².